The number of aromatic nitrogens is 3. The number of carbonyl (C=O) groups excluding carboxylic acids is 1. The molecule has 2 N–H and O–H groups in total. The van der Waals surface area contributed by atoms with Gasteiger partial charge in [0.15, 0.2) is 5.82 Å². The van der Waals surface area contributed by atoms with Gasteiger partial charge in [0.25, 0.3) is 0 Å². The fraction of sp³-hybridized carbons (Fsp3) is 0.182. The standard InChI is InChI=1S/C11H12N4O/c12-10(16)6-11-13-8-15(14-11)7-9-4-2-1-3-5-9/h1-5,8H,6-7H2,(H2,12,16). The molecule has 0 aliphatic carbocycles. The summed E-state index contributed by atoms with van der Waals surface area (Å²) in [6.07, 6.45) is 1.69. The molecule has 82 valence electrons. The predicted molar refractivity (Wildman–Crippen MR) is 58.5 cm³/mol. The van der Waals surface area contributed by atoms with Gasteiger partial charge in [-0.05, 0) is 5.56 Å². The van der Waals surface area contributed by atoms with Crippen LogP contribution in [0.15, 0.2) is 36.7 Å². The fourth-order valence-corrected chi connectivity index (χ4v) is 1.42. The zero-order valence-electron chi connectivity index (χ0n) is 8.71. The van der Waals surface area contributed by atoms with E-state index in [2.05, 4.69) is 10.1 Å². The van der Waals surface area contributed by atoms with E-state index >= 15 is 0 Å². The van der Waals surface area contributed by atoms with E-state index in [1.807, 2.05) is 30.3 Å². The second-order valence-corrected chi connectivity index (χ2v) is 3.49. The highest BCUT2D eigenvalue weighted by molar-refractivity contribution is 5.75. The summed E-state index contributed by atoms with van der Waals surface area (Å²) < 4.78 is 1.69. The Morgan fingerprint density at radius 3 is 2.75 bits per heavy atom. The van der Waals surface area contributed by atoms with E-state index in [1.165, 1.54) is 0 Å². The molecule has 0 bridgehead atoms. The molecule has 2 aromatic rings. The summed E-state index contributed by atoms with van der Waals surface area (Å²) in [5.41, 5.74) is 6.20. The van der Waals surface area contributed by atoms with Crippen LogP contribution in [0.2, 0.25) is 0 Å². The highest BCUT2D eigenvalue weighted by Crippen LogP contribution is 2.01. The lowest BCUT2D eigenvalue weighted by atomic mass is 10.2. The highest BCUT2D eigenvalue weighted by atomic mass is 16.1. The minimum Gasteiger partial charge on any atom is -0.369 e. The van der Waals surface area contributed by atoms with Crippen LogP contribution in [0.1, 0.15) is 11.4 Å². The molecular formula is C11H12N4O. The summed E-state index contributed by atoms with van der Waals surface area (Å²) in [7, 11) is 0. The molecule has 0 unspecified atom stereocenters. The summed E-state index contributed by atoms with van der Waals surface area (Å²) in [6.45, 7) is 0.645. The number of primary amides is 1. The van der Waals surface area contributed by atoms with Gasteiger partial charge in [-0.1, -0.05) is 30.3 Å². The molecule has 0 radical (unpaired) electrons. The van der Waals surface area contributed by atoms with Crippen molar-refractivity contribution >= 4 is 5.91 Å². The van der Waals surface area contributed by atoms with Crippen molar-refractivity contribution in [2.45, 2.75) is 13.0 Å². The number of hydrogen-bond donors (Lipinski definition) is 1. The summed E-state index contributed by atoms with van der Waals surface area (Å²) >= 11 is 0. The molecule has 1 heterocycles. The van der Waals surface area contributed by atoms with Gasteiger partial charge >= 0.3 is 0 Å². The first kappa shape index (κ1) is 10.4. The van der Waals surface area contributed by atoms with Crippen LogP contribution in [0, 0.1) is 0 Å². The van der Waals surface area contributed by atoms with Gasteiger partial charge in [0, 0.05) is 0 Å². The van der Waals surface area contributed by atoms with Crippen molar-refractivity contribution in [1.82, 2.24) is 14.8 Å². The van der Waals surface area contributed by atoms with Crippen LogP contribution in [0.25, 0.3) is 0 Å². The number of carbonyl (C=O) groups is 1. The smallest absolute Gasteiger partial charge is 0.225 e. The monoisotopic (exact) mass is 216 g/mol. The van der Waals surface area contributed by atoms with Gasteiger partial charge in [-0.2, -0.15) is 5.10 Å². The number of amides is 1. The van der Waals surface area contributed by atoms with Gasteiger partial charge in [-0.3, -0.25) is 4.79 Å². The second kappa shape index (κ2) is 4.57. The summed E-state index contributed by atoms with van der Waals surface area (Å²) in [6, 6.07) is 9.92. The van der Waals surface area contributed by atoms with Crippen molar-refractivity contribution in [3.8, 4) is 0 Å². The topological polar surface area (TPSA) is 73.8 Å². The molecule has 1 amide bonds. The van der Waals surface area contributed by atoms with E-state index < -0.39 is 5.91 Å². The lowest BCUT2D eigenvalue weighted by molar-refractivity contribution is -0.117. The molecule has 0 fully saturated rings. The Bertz CT molecular complexity index is 478. The van der Waals surface area contributed by atoms with Crippen LogP contribution < -0.4 is 5.73 Å². The molecular weight excluding hydrogens is 204 g/mol. The lowest BCUT2D eigenvalue weighted by Crippen LogP contribution is -2.15. The third kappa shape index (κ3) is 2.66. The number of hydrogen-bond acceptors (Lipinski definition) is 3. The zero-order chi connectivity index (χ0) is 11.4. The van der Waals surface area contributed by atoms with Gasteiger partial charge in [-0.15, -0.1) is 0 Å². The molecule has 5 nitrogen and oxygen atoms in total. The Balaban J connectivity index is 2.06. The molecule has 0 spiro atoms. The van der Waals surface area contributed by atoms with Crippen molar-refractivity contribution < 1.29 is 4.79 Å². The van der Waals surface area contributed by atoms with E-state index in [-0.39, 0.29) is 6.42 Å². The van der Waals surface area contributed by atoms with Crippen LogP contribution in [-0.4, -0.2) is 20.7 Å². The average Bonchev–Trinajstić information content (AvgIpc) is 2.66. The first-order chi connectivity index (χ1) is 7.74. The van der Waals surface area contributed by atoms with Gasteiger partial charge in [0.1, 0.15) is 6.33 Å². The average molecular weight is 216 g/mol. The van der Waals surface area contributed by atoms with E-state index in [9.17, 15) is 4.79 Å². The molecule has 2 rings (SSSR count). The van der Waals surface area contributed by atoms with Crippen molar-refractivity contribution in [3.63, 3.8) is 0 Å². The molecule has 0 atom stereocenters. The van der Waals surface area contributed by atoms with Crippen molar-refractivity contribution in [2.75, 3.05) is 0 Å². The maximum atomic E-state index is 10.7. The van der Waals surface area contributed by atoms with E-state index in [0.717, 1.165) is 5.56 Å². The highest BCUT2D eigenvalue weighted by Gasteiger charge is 2.04. The number of nitrogens with two attached hydrogens (primary N) is 1. The molecule has 1 aromatic heterocycles. The van der Waals surface area contributed by atoms with Gasteiger partial charge in [0.05, 0.1) is 13.0 Å². The molecule has 0 saturated carbocycles. The Labute approximate surface area is 92.9 Å². The minimum atomic E-state index is -0.419. The Hall–Kier alpha value is -2.17. The first-order valence-corrected chi connectivity index (χ1v) is 4.94. The molecule has 0 saturated heterocycles. The lowest BCUT2D eigenvalue weighted by Gasteiger charge is -1.99. The largest absolute Gasteiger partial charge is 0.369 e. The number of nitrogens with zero attached hydrogens (tertiary/aromatic N) is 3. The Kier molecular flexibility index (Phi) is 2.95. The first-order valence-electron chi connectivity index (χ1n) is 4.94. The van der Waals surface area contributed by atoms with E-state index in [0.29, 0.717) is 12.4 Å². The van der Waals surface area contributed by atoms with Crippen LogP contribution >= 0.6 is 0 Å². The van der Waals surface area contributed by atoms with Crippen molar-refractivity contribution in [1.29, 1.82) is 0 Å². The van der Waals surface area contributed by atoms with Gasteiger partial charge < -0.3 is 5.73 Å². The third-order valence-corrected chi connectivity index (χ3v) is 2.10. The maximum Gasteiger partial charge on any atom is 0.225 e. The summed E-state index contributed by atoms with van der Waals surface area (Å²) in [5.74, 6) is 0.0425. The Morgan fingerprint density at radius 1 is 1.31 bits per heavy atom. The van der Waals surface area contributed by atoms with E-state index in [4.69, 9.17) is 5.73 Å². The van der Waals surface area contributed by atoms with Crippen LogP contribution in [-0.2, 0) is 17.8 Å². The molecule has 5 heteroatoms. The zero-order valence-corrected chi connectivity index (χ0v) is 8.71. The minimum absolute atomic E-state index is 0.0851. The Morgan fingerprint density at radius 2 is 2.06 bits per heavy atom. The van der Waals surface area contributed by atoms with Gasteiger partial charge in [-0.25, -0.2) is 9.67 Å². The number of rotatable bonds is 4. The normalized spacial score (nSPS) is 10.2. The van der Waals surface area contributed by atoms with Crippen LogP contribution in [0.5, 0.6) is 0 Å². The molecule has 0 aliphatic heterocycles. The van der Waals surface area contributed by atoms with Crippen molar-refractivity contribution in [2.24, 2.45) is 5.73 Å². The maximum absolute atomic E-state index is 10.7. The van der Waals surface area contributed by atoms with E-state index in [1.54, 1.807) is 11.0 Å². The number of benzene rings is 1. The SMILES string of the molecule is NC(=O)Cc1ncn(Cc2ccccc2)n1. The molecule has 16 heavy (non-hydrogen) atoms. The quantitative estimate of drug-likeness (QED) is 0.801. The summed E-state index contributed by atoms with van der Waals surface area (Å²) in [4.78, 5) is 14.7. The van der Waals surface area contributed by atoms with Crippen LogP contribution in [0.3, 0.4) is 0 Å². The van der Waals surface area contributed by atoms with Crippen molar-refractivity contribution in [3.05, 3.63) is 48.0 Å². The predicted octanol–water partition coefficient (Wildman–Crippen LogP) is 0.354. The molecule has 1 aromatic carbocycles. The molecule has 0 aliphatic rings. The fourth-order valence-electron chi connectivity index (χ4n) is 1.42. The van der Waals surface area contributed by atoms with Gasteiger partial charge in [0.2, 0.25) is 5.91 Å². The third-order valence-electron chi connectivity index (χ3n) is 2.10. The second-order valence-electron chi connectivity index (χ2n) is 3.49. The van der Waals surface area contributed by atoms with Crippen LogP contribution in [0.4, 0.5) is 0 Å². The summed E-state index contributed by atoms with van der Waals surface area (Å²) in [5, 5.41) is 4.15.